The van der Waals surface area contributed by atoms with Crippen LogP contribution in [0, 0.1) is 5.92 Å². The van der Waals surface area contributed by atoms with E-state index in [1.165, 1.54) is 0 Å². The first-order valence-electron chi connectivity index (χ1n) is 5.26. The second kappa shape index (κ2) is 3.95. The van der Waals surface area contributed by atoms with Gasteiger partial charge in [0.2, 0.25) is 0 Å². The Morgan fingerprint density at radius 3 is 2.46 bits per heavy atom. The van der Waals surface area contributed by atoms with E-state index in [-0.39, 0.29) is 5.54 Å². The first-order valence-corrected chi connectivity index (χ1v) is 5.26. The Hall–Kier alpha value is -0.120. The zero-order valence-corrected chi connectivity index (χ0v) is 8.13. The van der Waals surface area contributed by atoms with Gasteiger partial charge in [0, 0.05) is 25.4 Å². The molecule has 2 N–H and O–H groups in total. The second-order valence-corrected chi connectivity index (χ2v) is 4.28. The topological polar surface area (TPSA) is 44.5 Å². The van der Waals surface area contributed by atoms with Crippen LogP contribution >= 0.6 is 0 Å². The minimum Gasteiger partial charge on any atom is -0.381 e. The normalized spacial score (nSPS) is 37.6. The number of ether oxygens (including phenoxy) is 2. The number of hydrogen-bond acceptors (Lipinski definition) is 3. The van der Waals surface area contributed by atoms with Crippen molar-refractivity contribution in [1.82, 2.24) is 0 Å². The largest absolute Gasteiger partial charge is 0.381 e. The Kier molecular flexibility index (Phi) is 2.86. The van der Waals surface area contributed by atoms with Crippen molar-refractivity contribution in [3.8, 4) is 0 Å². The molecular formula is C10H19NO2. The van der Waals surface area contributed by atoms with Gasteiger partial charge < -0.3 is 15.2 Å². The Bertz CT molecular complexity index is 160. The Morgan fingerprint density at radius 2 is 1.85 bits per heavy atom. The molecule has 0 saturated carbocycles. The third-order valence-corrected chi connectivity index (χ3v) is 3.34. The summed E-state index contributed by atoms with van der Waals surface area (Å²) in [6.45, 7) is 3.40. The lowest BCUT2D eigenvalue weighted by molar-refractivity contribution is -0.0267. The number of hydrogen-bond donors (Lipinski definition) is 1. The molecule has 13 heavy (non-hydrogen) atoms. The highest BCUT2D eigenvalue weighted by Crippen LogP contribution is 2.31. The maximum atomic E-state index is 6.35. The molecule has 0 spiro atoms. The summed E-state index contributed by atoms with van der Waals surface area (Å²) in [6, 6.07) is 0. The van der Waals surface area contributed by atoms with Crippen molar-refractivity contribution in [1.29, 1.82) is 0 Å². The molecule has 0 bridgehead atoms. The van der Waals surface area contributed by atoms with Crippen molar-refractivity contribution in [2.45, 2.75) is 31.2 Å². The summed E-state index contributed by atoms with van der Waals surface area (Å²) < 4.78 is 10.8. The van der Waals surface area contributed by atoms with Crippen LogP contribution in [0.2, 0.25) is 0 Å². The van der Waals surface area contributed by atoms with Gasteiger partial charge in [-0.05, 0) is 31.6 Å². The van der Waals surface area contributed by atoms with Crippen LogP contribution in [0.25, 0.3) is 0 Å². The van der Waals surface area contributed by atoms with Crippen LogP contribution in [0.5, 0.6) is 0 Å². The third-order valence-electron chi connectivity index (χ3n) is 3.34. The Balaban J connectivity index is 1.94. The van der Waals surface area contributed by atoms with E-state index in [1.807, 2.05) is 0 Å². The Morgan fingerprint density at radius 1 is 1.08 bits per heavy atom. The molecule has 0 radical (unpaired) electrons. The van der Waals surface area contributed by atoms with Crippen LogP contribution in [0.1, 0.15) is 25.7 Å². The summed E-state index contributed by atoms with van der Waals surface area (Å²) in [5.41, 5.74) is 6.30. The molecule has 3 heteroatoms. The van der Waals surface area contributed by atoms with Crippen LogP contribution in [0.3, 0.4) is 0 Å². The molecule has 0 aliphatic carbocycles. The third kappa shape index (κ3) is 2.03. The fraction of sp³-hybridized carbons (Fsp3) is 1.00. The first-order chi connectivity index (χ1) is 6.31. The maximum Gasteiger partial charge on any atom is 0.0648 e. The van der Waals surface area contributed by atoms with Crippen molar-refractivity contribution in [2.24, 2.45) is 11.7 Å². The molecule has 0 aromatic carbocycles. The molecule has 0 aromatic heterocycles. The highest BCUT2D eigenvalue weighted by Gasteiger charge is 2.37. The standard InChI is InChI=1S/C10H19NO2/c11-10(4-1-5-13-8-10)9-2-6-12-7-3-9/h9H,1-8,11H2. The smallest absolute Gasteiger partial charge is 0.0648 e. The molecule has 0 amide bonds. The van der Waals surface area contributed by atoms with Gasteiger partial charge in [0.05, 0.1) is 6.61 Å². The van der Waals surface area contributed by atoms with Gasteiger partial charge in [0.15, 0.2) is 0 Å². The van der Waals surface area contributed by atoms with Gasteiger partial charge in [-0.15, -0.1) is 0 Å². The van der Waals surface area contributed by atoms with E-state index in [9.17, 15) is 0 Å². The predicted octanol–water partition coefficient (Wildman–Crippen LogP) is 0.921. The van der Waals surface area contributed by atoms with Crippen molar-refractivity contribution < 1.29 is 9.47 Å². The summed E-state index contributed by atoms with van der Waals surface area (Å²) >= 11 is 0. The highest BCUT2D eigenvalue weighted by atomic mass is 16.5. The fourth-order valence-corrected chi connectivity index (χ4v) is 2.43. The van der Waals surface area contributed by atoms with Gasteiger partial charge >= 0.3 is 0 Å². The van der Waals surface area contributed by atoms with Crippen molar-refractivity contribution >= 4 is 0 Å². The molecule has 76 valence electrons. The highest BCUT2D eigenvalue weighted by molar-refractivity contribution is 4.93. The van der Waals surface area contributed by atoms with E-state index in [0.29, 0.717) is 5.92 Å². The molecular weight excluding hydrogens is 166 g/mol. The van der Waals surface area contributed by atoms with E-state index in [2.05, 4.69) is 0 Å². The van der Waals surface area contributed by atoms with E-state index >= 15 is 0 Å². The average molecular weight is 185 g/mol. The van der Waals surface area contributed by atoms with Gasteiger partial charge in [0.1, 0.15) is 0 Å². The van der Waals surface area contributed by atoms with Crippen LogP contribution < -0.4 is 5.73 Å². The monoisotopic (exact) mass is 185 g/mol. The molecule has 2 aliphatic rings. The van der Waals surface area contributed by atoms with Gasteiger partial charge in [-0.2, -0.15) is 0 Å². The van der Waals surface area contributed by atoms with E-state index in [1.54, 1.807) is 0 Å². The summed E-state index contributed by atoms with van der Waals surface area (Å²) in [5, 5.41) is 0. The molecule has 1 unspecified atom stereocenters. The maximum absolute atomic E-state index is 6.35. The second-order valence-electron chi connectivity index (χ2n) is 4.28. The van der Waals surface area contributed by atoms with E-state index in [4.69, 9.17) is 15.2 Å². The lowest BCUT2D eigenvalue weighted by Crippen LogP contribution is -2.54. The van der Waals surface area contributed by atoms with Crippen molar-refractivity contribution in [2.75, 3.05) is 26.4 Å². The molecule has 1 atom stereocenters. The lowest BCUT2D eigenvalue weighted by atomic mass is 9.76. The minimum absolute atomic E-state index is 0.0535. The SMILES string of the molecule is NC1(C2CCOCC2)CCCOC1. The van der Waals surface area contributed by atoms with Crippen LogP contribution in [0.4, 0.5) is 0 Å². The van der Waals surface area contributed by atoms with Crippen LogP contribution in [0.15, 0.2) is 0 Å². The van der Waals surface area contributed by atoms with Gasteiger partial charge in [-0.1, -0.05) is 0 Å². The first kappa shape index (κ1) is 9.44. The van der Waals surface area contributed by atoms with Gasteiger partial charge in [-0.3, -0.25) is 0 Å². The van der Waals surface area contributed by atoms with Crippen molar-refractivity contribution in [3.05, 3.63) is 0 Å². The molecule has 0 aromatic rings. The van der Waals surface area contributed by atoms with E-state index < -0.39 is 0 Å². The summed E-state index contributed by atoms with van der Waals surface area (Å²) in [7, 11) is 0. The molecule has 2 saturated heterocycles. The van der Waals surface area contributed by atoms with E-state index in [0.717, 1.165) is 52.1 Å². The molecule has 2 rings (SSSR count). The molecule has 2 aliphatic heterocycles. The quantitative estimate of drug-likeness (QED) is 0.660. The average Bonchev–Trinajstić information content (AvgIpc) is 2.20. The summed E-state index contributed by atoms with van der Waals surface area (Å²) in [4.78, 5) is 0. The van der Waals surface area contributed by atoms with Crippen LogP contribution in [-0.2, 0) is 9.47 Å². The minimum atomic E-state index is -0.0535. The Labute approximate surface area is 79.6 Å². The van der Waals surface area contributed by atoms with Gasteiger partial charge in [-0.25, -0.2) is 0 Å². The number of rotatable bonds is 1. The fourth-order valence-electron chi connectivity index (χ4n) is 2.43. The van der Waals surface area contributed by atoms with Crippen molar-refractivity contribution in [3.63, 3.8) is 0 Å². The molecule has 2 fully saturated rings. The van der Waals surface area contributed by atoms with Crippen LogP contribution in [-0.4, -0.2) is 32.0 Å². The molecule has 3 nitrogen and oxygen atoms in total. The zero-order valence-electron chi connectivity index (χ0n) is 8.13. The summed E-state index contributed by atoms with van der Waals surface area (Å²) in [6.07, 6.45) is 4.46. The van der Waals surface area contributed by atoms with Gasteiger partial charge in [0.25, 0.3) is 0 Å². The lowest BCUT2D eigenvalue weighted by Gasteiger charge is -2.41. The zero-order chi connectivity index (χ0) is 9.15. The number of nitrogens with two attached hydrogens (primary N) is 1. The predicted molar refractivity (Wildman–Crippen MR) is 50.5 cm³/mol. The summed E-state index contributed by atoms with van der Waals surface area (Å²) in [5.74, 6) is 0.613. The molecule has 2 heterocycles.